The van der Waals surface area contributed by atoms with E-state index in [0.29, 0.717) is 23.6 Å². The van der Waals surface area contributed by atoms with Gasteiger partial charge in [-0.25, -0.2) is 4.79 Å². The maximum absolute atomic E-state index is 11.8. The summed E-state index contributed by atoms with van der Waals surface area (Å²) < 4.78 is 10.4. The molecule has 1 N–H and O–H groups in total. The molecule has 0 spiro atoms. The highest BCUT2D eigenvalue weighted by Gasteiger charge is 2.07. The number of nitrogens with one attached hydrogen (secondary N) is 1. The minimum atomic E-state index is -0.641. The Hall–Kier alpha value is -3.59. The number of hydrogen-bond acceptors (Lipinski definition) is 5. The molecule has 0 saturated heterocycles. The highest BCUT2D eigenvalue weighted by molar-refractivity contribution is 5.94. The zero-order valence-corrected chi connectivity index (χ0v) is 14.3. The Morgan fingerprint density at radius 2 is 2.00 bits per heavy atom. The average Bonchev–Trinajstić information content (AvgIpc) is 2.66. The lowest BCUT2D eigenvalue weighted by molar-refractivity contribution is -0.142. The first kappa shape index (κ1) is 18.7. The van der Waals surface area contributed by atoms with E-state index >= 15 is 0 Å². The van der Waals surface area contributed by atoms with Crippen LogP contribution in [0.1, 0.15) is 18.1 Å². The zero-order valence-electron chi connectivity index (χ0n) is 14.3. The van der Waals surface area contributed by atoms with Crippen molar-refractivity contribution in [3.05, 3.63) is 65.7 Å². The van der Waals surface area contributed by atoms with E-state index in [4.69, 9.17) is 14.7 Å². The summed E-state index contributed by atoms with van der Waals surface area (Å²) >= 11 is 0. The van der Waals surface area contributed by atoms with Crippen LogP contribution >= 0.6 is 0 Å². The van der Waals surface area contributed by atoms with Crippen LogP contribution in [0.2, 0.25) is 0 Å². The molecule has 0 aliphatic carbocycles. The maximum Gasteiger partial charge on any atom is 0.331 e. The minimum absolute atomic E-state index is 0.424. The lowest BCUT2D eigenvalue weighted by atomic mass is 10.2. The number of esters is 1. The quantitative estimate of drug-likeness (QED) is 0.612. The molecule has 0 aliphatic heterocycles. The number of para-hydroxylation sites is 1. The van der Waals surface area contributed by atoms with Crippen molar-refractivity contribution in [2.75, 3.05) is 18.5 Å². The number of carbonyl (C=O) groups is 2. The fraction of sp³-hybridized carbons (Fsp3) is 0.150. The van der Waals surface area contributed by atoms with Crippen LogP contribution in [0.3, 0.4) is 0 Å². The third kappa shape index (κ3) is 5.80. The van der Waals surface area contributed by atoms with Crippen LogP contribution in [-0.2, 0) is 14.3 Å². The predicted molar refractivity (Wildman–Crippen MR) is 97.4 cm³/mol. The number of hydrogen-bond donors (Lipinski definition) is 1. The molecule has 0 heterocycles. The van der Waals surface area contributed by atoms with Gasteiger partial charge in [0.25, 0.3) is 5.91 Å². The Kier molecular flexibility index (Phi) is 6.95. The Morgan fingerprint density at radius 1 is 1.19 bits per heavy atom. The molecule has 0 aromatic heterocycles. The molecule has 6 heteroatoms. The van der Waals surface area contributed by atoms with E-state index in [2.05, 4.69) is 5.32 Å². The third-order valence-electron chi connectivity index (χ3n) is 3.24. The highest BCUT2D eigenvalue weighted by Crippen LogP contribution is 2.19. The molecule has 6 nitrogen and oxygen atoms in total. The number of carbonyl (C=O) groups excluding carboxylic acids is 2. The Bertz CT molecular complexity index is 853. The van der Waals surface area contributed by atoms with Gasteiger partial charge in [-0.05, 0) is 37.3 Å². The standard InChI is InChI=1S/C20H18N2O4/c1-2-25-18-9-4-3-7-16(18)10-11-20(24)26-14-19(23)22-17-8-5-6-15(12-17)13-21/h3-12H,2,14H2,1H3,(H,22,23)/b11-10+. The van der Waals surface area contributed by atoms with Crippen LogP contribution in [0.25, 0.3) is 6.08 Å². The van der Waals surface area contributed by atoms with Crippen LogP contribution in [0.5, 0.6) is 5.75 Å². The second-order valence-corrected chi connectivity index (χ2v) is 5.15. The molecule has 0 unspecified atom stereocenters. The van der Waals surface area contributed by atoms with E-state index in [1.165, 1.54) is 12.1 Å². The SMILES string of the molecule is CCOc1ccccc1/C=C/C(=O)OCC(=O)Nc1cccc(C#N)c1. The molecule has 132 valence electrons. The van der Waals surface area contributed by atoms with E-state index in [1.807, 2.05) is 31.2 Å². The first-order chi connectivity index (χ1) is 12.6. The molecule has 26 heavy (non-hydrogen) atoms. The zero-order chi connectivity index (χ0) is 18.8. The summed E-state index contributed by atoms with van der Waals surface area (Å²) in [5, 5.41) is 11.4. The molecule has 2 aromatic carbocycles. The molecule has 0 saturated carbocycles. The van der Waals surface area contributed by atoms with Gasteiger partial charge in [0, 0.05) is 17.3 Å². The molecular formula is C20H18N2O4. The first-order valence-corrected chi connectivity index (χ1v) is 7.99. The smallest absolute Gasteiger partial charge is 0.331 e. The lowest BCUT2D eigenvalue weighted by Gasteiger charge is -2.07. The van der Waals surface area contributed by atoms with Crippen molar-refractivity contribution in [2.24, 2.45) is 0 Å². The van der Waals surface area contributed by atoms with E-state index in [-0.39, 0.29) is 0 Å². The van der Waals surface area contributed by atoms with Crippen molar-refractivity contribution in [3.8, 4) is 11.8 Å². The lowest BCUT2D eigenvalue weighted by Crippen LogP contribution is -2.20. The van der Waals surface area contributed by atoms with Gasteiger partial charge in [0.1, 0.15) is 5.75 Å². The Labute approximate surface area is 151 Å². The number of ether oxygens (including phenoxy) is 2. The number of anilines is 1. The summed E-state index contributed by atoms with van der Waals surface area (Å²) in [7, 11) is 0. The fourth-order valence-electron chi connectivity index (χ4n) is 2.11. The van der Waals surface area contributed by atoms with E-state index < -0.39 is 18.5 Å². The first-order valence-electron chi connectivity index (χ1n) is 7.99. The molecule has 0 fully saturated rings. The van der Waals surface area contributed by atoms with Crippen molar-refractivity contribution in [1.29, 1.82) is 5.26 Å². The second-order valence-electron chi connectivity index (χ2n) is 5.15. The van der Waals surface area contributed by atoms with Crippen molar-refractivity contribution in [2.45, 2.75) is 6.92 Å². The molecule has 0 bridgehead atoms. The van der Waals surface area contributed by atoms with E-state index in [1.54, 1.807) is 30.3 Å². The van der Waals surface area contributed by atoms with Gasteiger partial charge < -0.3 is 14.8 Å². The molecule has 0 aliphatic rings. The van der Waals surface area contributed by atoms with Crippen LogP contribution in [0, 0.1) is 11.3 Å². The topological polar surface area (TPSA) is 88.4 Å². The summed E-state index contributed by atoms with van der Waals surface area (Å²) in [6.45, 7) is 1.97. The Morgan fingerprint density at radius 3 is 2.77 bits per heavy atom. The van der Waals surface area contributed by atoms with Crippen molar-refractivity contribution < 1.29 is 19.1 Å². The van der Waals surface area contributed by atoms with Gasteiger partial charge in [-0.1, -0.05) is 24.3 Å². The molecule has 0 atom stereocenters. The third-order valence-corrected chi connectivity index (χ3v) is 3.24. The van der Waals surface area contributed by atoms with Gasteiger partial charge >= 0.3 is 5.97 Å². The summed E-state index contributed by atoms with van der Waals surface area (Å²) in [6, 6.07) is 15.7. The van der Waals surface area contributed by atoms with Crippen molar-refractivity contribution >= 4 is 23.6 Å². The Balaban J connectivity index is 1.86. The van der Waals surface area contributed by atoms with Gasteiger partial charge in [0.2, 0.25) is 0 Å². The summed E-state index contributed by atoms with van der Waals surface area (Å²) in [5.74, 6) is -0.469. The molecule has 2 aromatic rings. The van der Waals surface area contributed by atoms with Gasteiger partial charge in [-0.3, -0.25) is 4.79 Å². The van der Waals surface area contributed by atoms with Gasteiger partial charge in [0.15, 0.2) is 6.61 Å². The number of benzene rings is 2. The monoisotopic (exact) mass is 350 g/mol. The molecule has 2 rings (SSSR count). The summed E-state index contributed by atoms with van der Waals surface area (Å²) in [5.41, 5.74) is 1.63. The second kappa shape index (κ2) is 9.64. The maximum atomic E-state index is 11.8. The number of rotatable bonds is 7. The summed E-state index contributed by atoms with van der Waals surface area (Å²) in [4.78, 5) is 23.6. The van der Waals surface area contributed by atoms with Gasteiger partial charge in [-0.15, -0.1) is 0 Å². The van der Waals surface area contributed by atoms with Crippen LogP contribution < -0.4 is 10.1 Å². The number of nitrogens with zero attached hydrogens (tertiary/aromatic N) is 1. The van der Waals surface area contributed by atoms with Crippen molar-refractivity contribution in [3.63, 3.8) is 0 Å². The minimum Gasteiger partial charge on any atom is -0.493 e. The predicted octanol–water partition coefficient (Wildman–Crippen LogP) is 3.15. The van der Waals surface area contributed by atoms with Crippen LogP contribution in [0.4, 0.5) is 5.69 Å². The van der Waals surface area contributed by atoms with Gasteiger partial charge in [0.05, 0.1) is 18.2 Å². The fourth-order valence-corrected chi connectivity index (χ4v) is 2.11. The van der Waals surface area contributed by atoms with Crippen molar-refractivity contribution in [1.82, 2.24) is 0 Å². The normalized spacial score (nSPS) is 10.2. The number of amides is 1. The average molecular weight is 350 g/mol. The molecule has 1 amide bonds. The number of nitriles is 1. The van der Waals surface area contributed by atoms with Crippen LogP contribution in [-0.4, -0.2) is 25.1 Å². The summed E-state index contributed by atoms with van der Waals surface area (Å²) in [6.07, 6.45) is 2.81. The molecule has 0 radical (unpaired) electrons. The van der Waals surface area contributed by atoms with Gasteiger partial charge in [-0.2, -0.15) is 5.26 Å². The van der Waals surface area contributed by atoms with E-state index in [9.17, 15) is 9.59 Å². The highest BCUT2D eigenvalue weighted by atomic mass is 16.5. The largest absolute Gasteiger partial charge is 0.493 e. The van der Waals surface area contributed by atoms with Crippen LogP contribution in [0.15, 0.2) is 54.6 Å². The van der Waals surface area contributed by atoms with E-state index in [0.717, 1.165) is 5.56 Å². The molecular weight excluding hydrogens is 332 g/mol.